The fourth-order valence-corrected chi connectivity index (χ4v) is 3.01. The molecule has 1 aromatic heterocycles. The van der Waals surface area contributed by atoms with Crippen LogP contribution >= 0.6 is 11.3 Å². The van der Waals surface area contributed by atoms with Gasteiger partial charge in [-0.05, 0) is 11.1 Å². The Morgan fingerprint density at radius 1 is 1.00 bits per heavy atom. The minimum atomic E-state index is -0.578. The molecular formula is C18H13NO4S. The van der Waals surface area contributed by atoms with Crippen LogP contribution in [0.5, 0.6) is 0 Å². The Bertz CT molecular complexity index is 806. The number of thiophene rings is 1. The minimum absolute atomic E-state index is 0.108. The monoisotopic (exact) mass is 339 g/mol. The predicted molar refractivity (Wildman–Crippen MR) is 91.1 cm³/mol. The number of benzene rings is 2. The van der Waals surface area contributed by atoms with Gasteiger partial charge in [-0.15, -0.1) is 11.3 Å². The molecule has 0 fully saturated rings. The molecule has 3 aromatic rings. The number of carbonyl (C=O) groups is 1. The average Bonchev–Trinajstić information content (AvgIpc) is 3.11. The van der Waals surface area contributed by atoms with E-state index in [0.29, 0.717) is 0 Å². The van der Waals surface area contributed by atoms with E-state index in [-0.39, 0.29) is 10.6 Å². The lowest BCUT2D eigenvalue weighted by Gasteiger charge is -2.18. The number of hydrogen-bond donors (Lipinski definition) is 0. The van der Waals surface area contributed by atoms with Crippen LogP contribution in [0.4, 0.5) is 5.69 Å². The maximum atomic E-state index is 12.4. The van der Waals surface area contributed by atoms with Gasteiger partial charge in [-0.2, -0.15) is 0 Å². The summed E-state index contributed by atoms with van der Waals surface area (Å²) in [5.41, 5.74) is 1.56. The van der Waals surface area contributed by atoms with Crippen LogP contribution in [0.3, 0.4) is 0 Å². The third-order valence-electron chi connectivity index (χ3n) is 3.43. The number of nitrogens with zero attached hydrogens (tertiary/aromatic N) is 1. The zero-order valence-corrected chi connectivity index (χ0v) is 13.3. The number of nitro groups is 1. The molecule has 3 rings (SSSR count). The molecule has 0 spiro atoms. The van der Waals surface area contributed by atoms with E-state index in [1.807, 2.05) is 60.7 Å². The van der Waals surface area contributed by atoms with Crippen molar-refractivity contribution in [3.05, 3.63) is 98.2 Å². The highest BCUT2D eigenvalue weighted by Gasteiger charge is 2.22. The summed E-state index contributed by atoms with van der Waals surface area (Å²) in [7, 11) is 0. The molecule has 0 N–H and O–H groups in total. The van der Waals surface area contributed by atoms with Crippen molar-refractivity contribution in [3.8, 4) is 0 Å². The molecule has 0 saturated heterocycles. The first kappa shape index (κ1) is 15.9. The molecule has 0 unspecified atom stereocenters. The first-order valence-electron chi connectivity index (χ1n) is 7.19. The number of rotatable bonds is 5. The highest BCUT2D eigenvalue weighted by molar-refractivity contribution is 7.12. The molecule has 2 aromatic carbocycles. The molecule has 1 heterocycles. The lowest BCUT2D eigenvalue weighted by atomic mass is 10.0. The summed E-state index contributed by atoms with van der Waals surface area (Å²) in [5.74, 6) is -0.578. The molecule has 0 saturated carbocycles. The van der Waals surface area contributed by atoms with Crippen LogP contribution in [-0.2, 0) is 4.74 Å². The highest BCUT2D eigenvalue weighted by atomic mass is 32.1. The van der Waals surface area contributed by atoms with Gasteiger partial charge in [0.15, 0.2) is 6.10 Å². The Hall–Kier alpha value is -2.99. The number of carbonyl (C=O) groups excluding carboxylic acids is 1. The Labute approximate surface area is 142 Å². The standard InChI is InChI=1S/C18H13NO4S/c20-18(16-11-15(12-24-16)19(21)22)23-17(13-7-3-1-4-8-13)14-9-5-2-6-10-14/h1-12,17H. The summed E-state index contributed by atoms with van der Waals surface area (Å²) in [6, 6.07) is 20.0. The van der Waals surface area contributed by atoms with Crippen LogP contribution in [0.2, 0.25) is 0 Å². The zero-order chi connectivity index (χ0) is 16.9. The van der Waals surface area contributed by atoms with Crippen LogP contribution in [0, 0.1) is 10.1 Å². The van der Waals surface area contributed by atoms with Crippen molar-refractivity contribution in [2.45, 2.75) is 6.10 Å². The van der Waals surface area contributed by atoms with E-state index >= 15 is 0 Å². The molecular weight excluding hydrogens is 326 g/mol. The Kier molecular flexibility index (Phi) is 4.67. The van der Waals surface area contributed by atoms with Gasteiger partial charge in [0, 0.05) is 6.07 Å². The maximum Gasteiger partial charge on any atom is 0.349 e. The fraction of sp³-hybridized carbons (Fsp3) is 0.0556. The topological polar surface area (TPSA) is 69.4 Å². The normalized spacial score (nSPS) is 10.5. The largest absolute Gasteiger partial charge is 0.448 e. The van der Waals surface area contributed by atoms with Crippen molar-refractivity contribution in [2.75, 3.05) is 0 Å². The van der Waals surface area contributed by atoms with Gasteiger partial charge in [-0.25, -0.2) is 4.79 Å². The van der Waals surface area contributed by atoms with E-state index in [1.54, 1.807) is 0 Å². The molecule has 0 aliphatic heterocycles. The Balaban J connectivity index is 1.89. The van der Waals surface area contributed by atoms with Crippen molar-refractivity contribution in [1.29, 1.82) is 0 Å². The molecule has 0 amide bonds. The predicted octanol–water partition coefficient (Wildman–Crippen LogP) is 4.60. The van der Waals surface area contributed by atoms with E-state index in [2.05, 4.69) is 0 Å². The highest BCUT2D eigenvalue weighted by Crippen LogP contribution is 2.29. The van der Waals surface area contributed by atoms with Crippen LogP contribution in [0.25, 0.3) is 0 Å². The van der Waals surface area contributed by atoms with Gasteiger partial charge in [0.2, 0.25) is 0 Å². The lowest BCUT2D eigenvalue weighted by Crippen LogP contribution is -2.12. The first-order valence-corrected chi connectivity index (χ1v) is 8.07. The van der Waals surface area contributed by atoms with E-state index in [1.165, 1.54) is 11.4 Å². The van der Waals surface area contributed by atoms with Crippen molar-refractivity contribution in [3.63, 3.8) is 0 Å². The maximum absolute atomic E-state index is 12.4. The average molecular weight is 339 g/mol. The van der Waals surface area contributed by atoms with Crippen LogP contribution in [-0.4, -0.2) is 10.9 Å². The Morgan fingerprint density at radius 2 is 1.54 bits per heavy atom. The third kappa shape index (κ3) is 3.49. The number of hydrogen-bond acceptors (Lipinski definition) is 5. The molecule has 5 nitrogen and oxygen atoms in total. The second-order valence-corrected chi connectivity index (χ2v) is 5.94. The van der Waals surface area contributed by atoms with Gasteiger partial charge < -0.3 is 4.74 Å². The summed E-state index contributed by atoms with van der Waals surface area (Å²) in [4.78, 5) is 22.8. The van der Waals surface area contributed by atoms with Gasteiger partial charge in [0.1, 0.15) is 4.88 Å². The van der Waals surface area contributed by atoms with E-state index in [0.717, 1.165) is 22.5 Å². The van der Waals surface area contributed by atoms with Crippen molar-refractivity contribution >= 4 is 23.0 Å². The van der Waals surface area contributed by atoms with Crippen LogP contribution in [0.15, 0.2) is 72.1 Å². The van der Waals surface area contributed by atoms with Gasteiger partial charge in [0.05, 0.1) is 10.3 Å². The molecule has 6 heteroatoms. The smallest absolute Gasteiger partial charge is 0.349 e. The molecule has 24 heavy (non-hydrogen) atoms. The summed E-state index contributed by atoms with van der Waals surface area (Å²) in [5, 5.41) is 12.1. The van der Waals surface area contributed by atoms with Crippen LogP contribution < -0.4 is 0 Å². The number of esters is 1. The molecule has 0 atom stereocenters. The first-order chi connectivity index (χ1) is 11.6. The summed E-state index contributed by atoms with van der Waals surface area (Å²) >= 11 is 1.00. The molecule has 0 radical (unpaired) electrons. The zero-order valence-electron chi connectivity index (χ0n) is 12.5. The summed E-state index contributed by atoms with van der Waals surface area (Å²) < 4.78 is 5.65. The second-order valence-electron chi connectivity index (χ2n) is 5.03. The molecule has 0 aliphatic carbocycles. The second kappa shape index (κ2) is 7.06. The fourth-order valence-electron chi connectivity index (χ4n) is 2.28. The van der Waals surface area contributed by atoms with Gasteiger partial charge in [-0.1, -0.05) is 60.7 Å². The minimum Gasteiger partial charge on any atom is -0.448 e. The van der Waals surface area contributed by atoms with E-state index < -0.39 is 17.0 Å². The Morgan fingerprint density at radius 3 is 2.00 bits per heavy atom. The van der Waals surface area contributed by atoms with Crippen LogP contribution in [0.1, 0.15) is 26.9 Å². The lowest BCUT2D eigenvalue weighted by molar-refractivity contribution is -0.384. The third-order valence-corrected chi connectivity index (χ3v) is 4.32. The van der Waals surface area contributed by atoms with E-state index in [9.17, 15) is 14.9 Å². The van der Waals surface area contributed by atoms with Crippen molar-refractivity contribution < 1.29 is 14.5 Å². The molecule has 0 aliphatic rings. The summed E-state index contributed by atoms with van der Waals surface area (Å²) in [6.45, 7) is 0. The van der Waals surface area contributed by atoms with Crippen molar-refractivity contribution in [2.24, 2.45) is 0 Å². The quantitative estimate of drug-likeness (QED) is 0.387. The SMILES string of the molecule is O=C(OC(c1ccccc1)c1ccccc1)c1cc([N+](=O)[O-])cs1. The number of ether oxygens (including phenoxy) is 1. The van der Waals surface area contributed by atoms with Gasteiger partial charge >= 0.3 is 5.97 Å². The van der Waals surface area contributed by atoms with Gasteiger partial charge in [0.25, 0.3) is 5.69 Å². The van der Waals surface area contributed by atoms with Gasteiger partial charge in [-0.3, -0.25) is 10.1 Å². The van der Waals surface area contributed by atoms with Crippen molar-refractivity contribution in [1.82, 2.24) is 0 Å². The molecule has 0 bridgehead atoms. The van der Waals surface area contributed by atoms with E-state index in [4.69, 9.17) is 4.74 Å². The molecule has 120 valence electrons. The summed E-state index contributed by atoms with van der Waals surface area (Å²) in [6.07, 6.45) is -0.568.